The van der Waals surface area contributed by atoms with Crippen LogP contribution in [0.2, 0.25) is 0 Å². The molecule has 0 aromatic heterocycles. The Morgan fingerprint density at radius 3 is 1.13 bits per heavy atom. The Labute approximate surface area is 176 Å². The SMILES string of the molecule is CN(N=Nc1ccc(-c2ccccc2)cc1)N=Nc1ccc(-c2ccccc2)cc1. The van der Waals surface area contributed by atoms with E-state index in [0.29, 0.717) is 0 Å². The third-order valence-corrected chi connectivity index (χ3v) is 4.53. The molecule has 0 saturated heterocycles. The molecular formula is C25H21N5. The highest BCUT2D eigenvalue weighted by molar-refractivity contribution is 5.65. The molecule has 0 saturated carbocycles. The van der Waals surface area contributed by atoms with Crippen LogP contribution in [0.5, 0.6) is 0 Å². The molecule has 0 atom stereocenters. The lowest BCUT2D eigenvalue weighted by Crippen LogP contribution is -1.97. The summed E-state index contributed by atoms with van der Waals surface area (Å²) in [5.41, 5.74) is 6.13. The summed E-state index contributed by atoms with van der Waals surface area (Å²) >= 11 is 0. The molecule has 4 rings (SSSR count). The largest absolute Gasteiger partial charge is 0.150 e. The number of hydrogen-bond acceptors (Lipinski definition) is 4. The van der Waals surface area contributed by atoms with Gasteiger partial charge in [-0.25, -0.2) is 0 Å². The molecule has 5 heteroatoms. The zero-order valence-electron chi connectivity index (χ0n) is 16.6. The van der Waals surface area contributed by atoms with Crippen LogP contribution in [0, 0.1) is 0 Å². The van der Waals surface area contributed by atoms with Gasteiger partial charge in [-0.05, 0) is 57.0 Å². The van der Waals surface area contributed by atoms with Crippen molar-refractivity contribution in [2.45, 2.75) is 0 Å². The summed E-state index contributed by atoms with van der Waals surface area (Å²) in [6.45, 7) is 0. The van der Waals surface area contributed by atoms with Crippen molar-refractivity contribution in [3.63, 3.8) is 0 Å². The fraction of sp³-hybridized carbons (Fsp3) is 0.0400. The zero-order valence-corrected chi connectivity index (χ0v) is 16.6. The van der Waals surface area contributed by atoms with E-state index < -0.39 is 0 Å². The van der Waals surface area contributed by atoms with Gasteiger partial charge < -0.3 is 0 Å². The first-order valence-electron chi connectivity index (χ1n) is 9.66. The maximum absolute atomic E-state index is 4.20. The first-order valence-corrected chi connectivity index (χ1v) is 9.66. The minimum atomic E-state index is 0.754. The number of nitrogens with zero attached hydrogens (tertiary/aromatic N) is 5. The molecule has 0 bridgehead atoms. The van der Waals surface area contributed by atoms with Crippen molar-refractivity contribution < 1.29 is 0 Å². The molecule has 4 aromatic rings. The molecule has 4 aromatic carbocycles. The summed E-state index contributed by atoms with van der Waals surface area (Å²) in [6, 6.07) is 36.3. The average molecular weight is 391 g/mol. The van der Waals surface area contributed by atoms with Gasteiger partial charge in [-0.15, -0.1) is 10.2 Å². The second-order valence-electron chi connectivity index (χ2n) is 6.69. The Kier molecular flexibility index (Phi) is 6.01. The maximum atomic E-state index is 4.20. The number of hydrogen-bond donors (Lipinski definition) is 0. The summed E-state index contributed by atoms with van der Waals surface area (Å²) in [4.78, 5) is 0. The highest BCUT2D eigenvalue weighted by Crippen LogP contribution is 2.24. The van der Waals surface area contributed by atoms with Gasteiger partial charge >= 0.3 is 0 Å². The topological polar surface area (TPSA) is 52.7 Å². The Balaban J connectivity index is 1.36. The average Bonchev–Trinajstić information content (AvgIpc) is 2.83. The van der Waals surface area contributed by atoms with Crippen LogP contribution in [0.3, 0.4) is 0 Å². The quantitative estimate of drug-likeness (QED) is 0.246. The van der Waals surface area contributed by atoms with E-state index in [-0.39, 0.29) is 0 Å². The van der Waals surface area contributed by atoms with Crippen LogP contribution in [-0.2, 0) is 0 Å². The minimum Gasteiger partial charge on any atom is -0.150 e. The van der Waals surface area contributed by atoms with E-state index in [0.717, 1.165) is 22.5 Å². The Morgan fingerprint density at radius 1 is 0.433 bits per heavy atom. The van der Waals surface area contributed by atoms with E-state index in [1.807, 2.05) is 84.9 Å². The smallest absolute Gasteiger partial charge is 0.0875 e. The summed E-state index contributed by atoms with van der Waals surface area (Å²) in [5.74, 6) is 0. The fourth-order valence-corrected chi connectivity index (χ4v) is 2.95. The number of rotatable bonds is 6. The maximum Gasteiger partial charge on any atom is 0.0875 e. The molecule has 0 aliphatic heterocycles. The zero-order chi connectivity index (χ0) is 20.6. The van der Waals surface area contributed by atoms with Crippen molar-refractivity contribution in [2.75, 3.05) is 7.05 Å². The number of benzene rings is 4. The fourth-order valence-electron chi connectivity index (χ4n) is 2.95. The van der Waals surface area contributed by atoms with E-state index in [4.69, 9.17) is 0 Å². The molecule has 0 amide bonds. The first-order chi connectivity index (χ1) is 14.8. The van der Waals surface area contributed by atoms with Gasteiger partial charge in [-0.2, -0.15) is 5.12 Å². The highest BCUT2D eigenvalue weighted by atomic mass is 15.7. The normalized spacial score (nSPS) is 11.2. The summed E-state index contributed by atoms with van der Waals surface area (Å²) < 4.78 is 0. The van der Waals surface area contributed by atoms with Crippen LogP contribution in [0.4, 0.5) is 11.4 Å². The summed E-state index contributed by atoms with van der Waals surface area (Å²) in [7, 11) is 1.70. The molecule has 30 heavy (non-hydrogen) atoms. The molecule has 0 N–H and O–H groups in total. The molecule has 0 unspecified atom stereocenters. The van der Waals surface area contributed by atoms with Gasteiger partial charge in [0, 0.05) is 0 Å². The van der Waals surface area contributed by atoms with E-state index in [1.165, 1.54) is 16.2 Å². The van der Waals surface area contributed by atoms with Crippen molar-refractivity contribution in [2.24, 2.45) is 20.7 Å². The van der Waals surface area contributed by atoms with E-state index in [1.54, 1.807) is 7.05 Å². The van der Waals surface area contributed by atoms with Crippen LogP contribution in [0.15, 0.2) is 130 Å². The van der Waals surface area contributed by atoms with Crippen molar-refractivity contribution in [1.29, 1.82) is 0 Å². The van der Waals surface area contributed by atoms with Gasteiger partial charge in [0.25, 0.3) is 0 Å². The monoisotopic (exact) mass is 391 g/mol. The van der Waals surface area contributed by atoms with Gasteiger partial charge in [0.2, 0.25) is 0 Å². The molecular weight excluding hydrogens is 370 g/mol. The van der Waals surface area contributed by atoms with Crippen LogP contribution >= 0.6 is 0 Å². The van der Waals surface area contributed by atoms with Crippen LogP contribution in [0.25, 0.3) is 22.3 Å². The molecule has 0 heterocycles. The van der Waals surface area contributed by atoms with Crippen LogP contribution in [0.1, 0.15) is 0 Å². The third kappa shape index (κ3) is 5.02. The molecule has 0 spiro atoms. The lowest BCUT2D eigenvalue weighted by molar-refractivity contribution is 0.329. The standard InChI is InChI=1S/C25H21N5/c1-30(28-26-24-16-12-22(13-17-24)20-8-4-2-5-9-20)29-27-25-18-14-23(15-19-25)21-10-6-3-7-11-21/h2-19H,1H3. The van der Waals surface area contributed by atoms with Gasteiger partial charge in [-0.1, -0.05) is 84.9 Å². The molecule has 0 aliphatic rings. The predicted molar refractivity (Wildman–Crippen MR) is 121 cm³/mol. The van der Waals surface area contributed by atoms with Gasteiger partial charge in [0.15, 0.2) is 0 Å². The first kappa shape index (κ1) is 19.2. The lowest BCUT2D eigenvalue weighted by Gasteiger charge is -2.04. The van der Waals surface area contributed by atoms with Crippen molar-refractivity contribution in [3.8, 4) is 22.3 Å². The van der Waals surface area contributed by atoms with Crippen molar-refractivity contribution in [3.05, 3.63) is 109 Å². The minimum absolute atomic E-state index is 0.754. The molecule has 0 radical (unpaired) electrons. The van der Waals surface area contributed by atoms with Crippen LogP contribution < -0.4 is 0 Å². The summed E-state index contributed by atoms with van der Waals surface area (Å²) in [5, 5.41) is 17.9. The lowest BCUT2D eigenvalue weighted by atomic mass is 10.1. The van der Waals surface area contributed by atoms with E-state index in [9.17, 15) is 0 Å². The van der Waals surface area contributed by atoms with Crippen LogP contribution in [-0.4, -0.2) is 12.2 Å². The van der Waals surface area contributed by atoms with Crippen molar-refractivity contribution >= 4 is 11.4 Å². The predicted octanol–water partition coefficient (Wildman–Crippen LogP) is 7.65. The Morgan fingerprint density at radius 2 is 0.767 bits per heavy atom. The van der Waals surface area contributed by atoms with Gasteiger partial charge in [-0.3, -0.25) is 0 Å². The Hall–Kier alpha value is -4.12. The van der Waals surface area contributed by atoms with Crippen molar-refractivity contribution in [1.82, 2.24) is 5.12 Å². The van der Waals surface area contributed by atoms with E-state index >= 15 is 0 Å². The Bertz CT molecular complexity index is 1030. The second-order valence-corrected chi connectivity index (χ2v) is 6.69. The van der Waals surface area contributed by atoms with E-state index in [2.05, 4.69) is 44.9 Å². The molecule has 5 nitrogen and oxygen atoms in total. The summed E-state index contributed by atoms with van der Waals surface area (Å²) in [6.07, 6.45) is 0. The third-order valence-electron chi connectivity index (χ3n) is 4.53. The second kappa shape index (κ2) is 9.39. The highest BCUT2D eigenvalue weighted by Gasteiger charge is 1.98. The van der Waals surface area contributed by atoms with Gasteiger partial charge in [0.1, 0.15) is 0 Å². The molecule has 0 fully saturated rings. The van der Waals surface area contributed by atoms with Gasteiger partial charge in [0.05, 0.1) is 18.4 Å². The molecule has 146 valence electrons. The molecule has 0 aliphatic carbocycles.